The van der Waals surface area contributed by atoms with Gasteiger partial charge in [0.2, 0.25) is 11.9 Å². The molecule has 1 aromatic carbocycles. The molecule has 0 bridgehead atoms. The van der Waals surface area contributed by atoms with Crippen LogP contribution in [0.3, 0.4) is 0 Å². The fourth-order valence-corrected chi connectivity index (χ4v) is 6.30. The molecule has 0 aliphatic rings. The number of anilines is 1. The van der Waals surface area contributed by atoms with E-state index in [0.717, 1.165) is 18.5 Å². The van der Waals surface area contributed by atoms with E-state index in [4.69, 9.17) is 52.0 Å². The Labute approximate surface area is 317 Å². The van der Waals surface area contributed by atoms with Crippen LogP contribution in [0.1, 0.15) is 44.5 Å². The zero-order valence-electron chi connectivity index (χ0n) is 29.7. The number of rotatable bonds is 26. The predicted octanol–water partition coefficient (Wildman–Crippen LogP) is 2.49. The molecule has 0 fully saturated rings. The van der Waals surface area contributed by atoms with Crippen LogP contribution in [0.4, 0.5) is 5.95 Å². The van der Waals surface area contributed by atoms with Crippen molar-refractivity contribution in [1.29, 1.82) is 0 Å². The molecular weight excluding hydrogens is 765 g/mol. The summed E-state index contributed by atoms with van der Waals surface area (Å²) in [4.78, 5) is 53.4. The molecule has 2 rings (SSSR count). The lowest BCUT2D eigenvalue weighted by Gasteiger charge is -2.32. The number of halogens is 2. The van der Waals surface area contributed by atoms with Gasteiger partial charge in [-0.1, -0.05) is 37.0 Å². The quantitative estimate of drug-likeness (QED) is 0.0857. The SMILES string of the molecule is CC(C)(COc1cc(Cl)c(S(=O)(=O)Nc2ncc(C(=O)NCCOCCOCC(=O)NCCOCCOCC(=O)O)cn2)cc1Cl)CC(C)(C)C(=O)O. The van der Waals surface area contributed by atoms with Gasteiger partial charge in [-0.3, -0.25) is 14.4 Å². The highest BCUT2D eigenvalue weighted by atomic mass is 35.5. The van der Waals surface area contributed by atoms with Gasteiger partial charge in [0.25, 0.3) is 15.9 Å². The number of carbonyl (C=O) groups excluding carboxylic acids is 2. The third-order valence-corrected chi connectivity index (χ3v) is 8.92. The maximum absolute atomic E-state index is 13.1. The van der Waals surface area contributed by atoms with Crippen LogP contribution >= 0.6 is 23.2 Å². The highest BCUT2D eigenvalue weighted by molar-refractivity contribution is 7.92. The van der Waals surface area contributed by atoms with E-state index in [-0.39, 0.29) is 104 Å². The lowest BCUT2D eigenvalue weighted by atomic mass is 9.75. The molecule has 0 saturated heterocycles. The minimum absolute atomic E-state index is 0.0465. The van der Waals surface area contributed by atoms with Crippen molar-refractivity contribution in [3.63, 3.8) is 0 Å². The Hall–Kier alpha value is -3.85. The minimum atomic E-state index is -4.32. The molecular formula is C32H45Cl2N5O13S. The molecule has 0 aliphatic carbocycles. The Morgan fingerprint density at radius 1 is 0.792 bits per heavy atom. The van der Waals surface area contributed by atoms with Crippen molar-refractivity contribution in [2.75, 3.05) is 77.3 Å². The maximum atomic E-state index is 13.1. The molecule has 5 N–H and O–H groups in total. The Kier molecular flexibility index (Phi) is 18.6. The number of amides is 2. The van der Waals surface area contributed by atoms with Crippen LogP contribution in [0.15, 0.2) is 29.4 Å². The topological polar surface area (TPSA) is 251 Å². The molecule has 0 saturated carbocycles. The number of hydrogen-bond donors (Lipinski definition) is 5. The summed E-state index contributed by atoms with van der Waals surface area (Å²) in [6.07, 6.45) is 2.55. The number of aromatic nitrogens is 2. The van der Waals surface area contributed by atoms with Crippen molar-refractivity contribution < 1.29 is 61.5 Å². The first-order valence-electron chi connectivity index (χ1n) is 16.1. The predicted molar refractivity (Wildman–Crippen MR) is 191 cm³/mol. The van der Waals surface area contributed by atoms with Crippen molar-refractivity contribution in [1.82, 2.24) is 20.6 Å². The number of hydrogen-bond acceptors (Lipinski definition) is 13. The molecule has 2 aromatic rings. The summed E-state index contributed by atoms with van der Waals surface area (Å²) in [5.41, 5.74) is -1.51. The van der Waals surface area contributed by atoms with Gasteiger partial charge >= 0.3 is 11.9 Å². The average Bonchev–Trinajstić information content (AvgIpc) is 3.06. The highest BCUT2D eigenvalue weighted by Gasteiger charge is 2.35. The van der Waals surface area contributed by atoms with Gasteiger partial charge in [-0.15, -0.1) is 0 Å². The Bertz CT molecular complexity index is 1640. The standard InChI is InChI=1S/C32H45Cl2N5O13S/c1-31(2,19-32(3,4)29(44)45)20-52-24-13-23(34)25(14-22(24)33)53(46,47)39-30-37-15-21(16-38-30)28(43)36-6-8-49-9-11-50-17-26(40)35-5-7-48-10-12-51-18-27(41)42/h13-16H,5-12,17-20H2,1-4H3,(H,35,40)(H,36,43)(H,41,42)(H,44,45)(H,37,38,39). The monoisotopic (exact) mass is 809 g/mol. The van der Waals surface area contributed by atoms with Gasteiger partial charge in [0.05, 0.1) is 67.3 Å². The van der Waals surface area contributed by atoms with E-state index in [0.29, 0.717) is 6.42 Å². The molecule has 1 aromatic heterocycles. The number of benzene rings is 1. The number of ether oxygens (including phenoxy) is 5. The van der Waals surface area contributed by atoms with Crippen LogP contribution in [0, 0.1) is 10.8 Å². The van der Waals surface area contributed by atoms with E-state index in [1.165, 1.54) is 6.07 Å². The number of aliphatic carboxylic acids is 2. The normalized spacial score (nSPS) is 11.9. The summed E-state index contributed by atoms with van der Waals surface area (Å²) in [6.45, 7) is 7.76. The lowest BCUT2D eigenvalue weighted by molar-refractivity contribution is -0.149. The zero-order valence-corrected chi connectivity index (χ0v) is 32.1. The van der Waals surface area contributed by atoms with Crippen molar-refractivity contribution >= 4 is 62.9 Å². The van der Waals surface area contributed by atoms with Gasteiger partial charge in [0.15, 0.2) is 0 Å². The van der Waals surface area contributed by atoms with E-state index >= 15 is 0 Å². The fourth-order valence-electron chi connectivity index (χ4n) is 4.51. The third kappa shape index (κ3) is 17.2. The molecule has 0 radical (unpaired) electrons. The molecule has 296 valence electrons. The molecule has 0 spiro atoms. The van der Waals surface area contributed by atoms with Crippen LogP contribution < -0.4 is 20.1 Å². The summed E-state index contributed by atoms with van der Waals surface area (Å²) < 4.78 is 54.7. The van der Waals surface area contributed by atoms with Gasteiger partial charge in [-0.25, -0.2) is 27.9 Å². The minimum Gasteiger partial charge on any atom is -0.491 e. The van der Waals surface area contributed by atoms with Crippen LogP contribution in [-0.2, 0) is 43.4 Å². The number of carboxylic acids is 2. The van der Waals surface area contributed by atoms with Crippen molar-refractivity contribution in [3.05, 3.63) is 40.1 Å². The molecule has 21 heteroatoms. The molecule has 0 unspecified atom stereocenters. The van der Waals surface area contributed by atoms with E-state index in [2.05, 4.69) is 25.3 Å². The van der Waals surface area contributed by atoms with E-state index in [1.807, 2.05) is 13.8 Å². The summed E-state index contributed by atoms with van der Waals surface area (Å²) in [6, 6.07) is 2.35. The largest absolute Gasteiger partial charge is 0.491 e. The van der Waals surface area contributed by atoms with E-state index < -0.39 is 45.3 Å². The molecule has 0 atom stereocenters. The van der Waals surface area contributed by atoms with Gasteiger partial charge < -0.3 is 44.5 Å². The highest BCUT2D eigenvalue weighted by Crippen LogP contribution is 2.38. The molecule has 53 heavy (non-hydrogen) atoms. The van der Waals surface area contributed by atoms with E-state index in [9.17, 15) is 32.7 Å². The second-order valence-corrected chi connectivity index (χ2v) is 15.2. The summed E-state index contributed by atoms with van der Waals surface area (Å²) in [5.74, 6) is -3.11. The van der Waals surface area contributed by atoms with Crippen molar-refractivity contribution in [2.45, 2.75) is 39.0 Å². The fraction of sp³-hybridized carbons (Fsp3) is 0.562. The van der Waals surface area contributed by atoms with Gasteiger partial charge in [-0.2, -0.15) is 0 Å². The van der Waals surface area contributed by atoms with Crippen molar-refractivity contribution in [3.8, 4) is 5.75 Å². The van der Waals surface area contributed by atoms with Crippen LogP contribution in [0.2, 0.25) is 10.0 Å². The maximum Gasteiger partial charge on any atom is 0.329 e. The second-order valence-electron chi connectivity index (χ2n) is 12.8. The Morgan fingerprint density at radius 3 is 1.94 bits per heavy atom. The van der Waals surface area contributed by atoms with Gasteiger partial charge in [0, 0.05) is 31.5 Å². The zero-order chi connectivity index (χ0) is 39.7. The lowest BCUT2D eigenvalue weighted by Crippen LogP contribution is -2.33. The van der Waals surface area contributed by atoms with Crippen molar-refractivity contribution in [2.24, 2.45) is 10.8 Å². The molecule has 2 amide bonds. The summed E-state index contributed by atoms with van der Waals surface area (Å²) in [5, 5.41) is 22.8. The van der Waals surface area contributed by atoms with Crippen LogP contribution in [-0.4, -0.2) is 125 Å². The molecule has 18 nitrogen and oxygen atoms in total. The van der Waals surface area contributed by atoms with Gasteiger partial charge in [0.1, 0.15) is 23.9 Å². The Morgan fingerprint density at radius 2 is 1.36 bits per heavy atom. The average molecular weight is 811 g/mol. The third-order valence-electron chi connectivity index (χ3n) is 6.84. The first-order valence-corrected chi connectivity index (χ1v) is 18.3. The van der Waals surface area contributed by atoms with E-state index in [1.54, 1.807) is 13.8 Å². The summed E-state index contributed by atoms with van der Waals surface area (Å²) >= 11 is 12.6. The second kappa shape index (κ2) is 21.8. The number of carbonyl (C=O) groups is 4. The number of nitrogens with one attached hydrogen (secondary N) is 3. The first kappa shape index (κ1) is 45.3. The Balaban J connectivity index is 1.71. The number of carboxylic acid groups (broad SMARTS) is 2. The summed E-state index contributed by atoms with van der Waals surface area (Å²) in [7, 11) is -4.32. The van der Waals surface area contributed by atoms with Crippen LogP contribution in [0.25, 0.3) is 0 Å². The first-order chi connectivity index (χ1) is 24.8. The molecule has 1 heterocycles. The number of sulfonamides is 1. The van der Waals surface area contributed by atoms with Crippen LogP contribution in [0.5, 0.6) is 5.75 Å². The smallest absolute Gasteiger partial charge is 0.329 e. The number of nitrogens with zero attached hydrogens (tertiary/aromatic N) is 2. The van der Waals surface area contributed by atoms with Gasteiger partial charge in [-0.05, 0) is 31.7 Å². The molecule has 0 aliphatic heterocycles.